The molecule has 7 nitrogen and oxygen atoms in total. The molecule has 0 radical (unpaired) electrons. The van der Waals surface area contributed by atoms with Gasteiger partial charge in [-0.05, 0) is 37.8 Å². The SMILES string of the molecule is O=[N+]([O-])c1ccc(Br)cc1S(=O)(=O)NC1CCCC(O)C1. The molecule has 2 N–H and O–H groups in total. The molecule has 0 aliphatic heterocycles. The fraction of sp³-hybridized carbons (Fsp3) is 0.500. The summed E-state index contributed by atoms with van der Waals surface area (Å²) in [4.78, 5) is 9.88. The summed E-state index contributed by atoms with van der Waals surface area (Å²) >= 11 is 3.12. The zero-order chi connectivity index (χ0) is 15.6. The molecular formula is C12H15BrN2O5S. The fourth-order valence-electron chi connectivity index (χ4n) is 2.41. The van der Waals surface area contributed by atoms with Crippen molar-refractivity contribution in [3.8, 4) is 0 Å². The van der Waals surface area contributed by atoms with Crippen LogP contribution in [-0.2, 0) is 10.0 Å². The van der Waals surface area contributed by atoms with Crippen LogP contribution < -0.4 is 4.72 Å². The first kappa shape index (κ1) is 16.3. The molecule has 116 valence electrons. The number of nitrogens with one attached hydrogen (secondary N) is 1. The highest BCUT2D eigenvalue weighted by Crippen LogP contribution is 2.28. The van der Waals surface area contributed by atoms with Crippen LogP contribution in [0.1, 0.15) is 25.7 Å². The molecule has 2 rings (SSSR count). The van der Waals surface area contributed by atoms with Crippen LogP contribution in [0.3, 0.4) is 0 Å². The molecule has 1 fully saturated rings. The van der Waals surface area contributed by atoms with Gasteiger partial charge in [-0.3, -0.25) is 10.1 Å². The maximum Gasteiger partial charge on any atom is 0.289 e. The molecule has 0 bridgehead atoms. The normalized spacial score (nSPS) is 23.0. The number of nitro benzene ring substituents is 1. The number of nitrogens with zero attached hydrogens (tertiary/aromatic N) is 1. The van der Waals surface area contributed by atoms with Crippen LogP contribution in [0, 0.1) is 10.1 Å². The van der Waals surface area contributed by atoms with Crippen molar-refractivity contribution in [1.82, 2.24) is 4.72 Å². The number of halogens is 1. The smallest absolute Gasteiger partial charge is 0.289 e. The van der Waals surface area contributed by atoms with Crippen molar-refractivity contribution in [3.05, 3.63) is 32.8 Å². The quantitative estimate of drug-likeness (QED) is 0.614. The predicted octanol–water partition coefficient (Wildman–Crippen LogP) is 1.94. The molecule has 1 saturated carbocycles. The highest BCUT2D eigenvalue weighted by Gasteiger charge is 2.30. The summed E-state index contributed by atoms with van der Waals surface area (Å²) < 4.78 is 27.6. The summed E-state index contributed by atoms with van der Waals surface area (Å²) in [6.45, 7) is 0. The minimum Gasteiger partial charge on any atom is -0.393 e. The molecule has 9 heteroatoms. The van der Waals surface area contributed by atoms with Crippen molar-refractivity contribution in [2.45, 2.75) is 42.7 Å². The third kappa shape index (κ3) is 4.00. The summed E-state index contributed by atoms with van der Waals surface area (Å²) in [7, 11) is -4.01. The van der Waals surface area contributed by atoms with Gasteiger partial charge in [0.05, 0.1) is 11.0 Å². The van der Waals surface area contributed by atoms with Crippen LogP contribution in [-0.4, -0.2) is 30.6 Å². The maximum atomic E-state index is 12.4. The van der Waals surface area contributed by atoms with Crippen LogP contribution in [0.2, 0.25) is 0 Å². The van der Waals surface area contributed by atoms with Crippen molar-refractivity contribution in [2.24, 2.45) is 0 Å². The molecule has 0 aromatic heterocycles. The van der Waals surface area contributed by atoms with Crippen LogP contribution >= 0.6 is 15.9 Å². The molecule has 0 saturated heterocycles. The molecule has 0 spiro atoms. The van der Waals surface area contributed by atoms with E-state index in [0.717, 1.165) is 12.5 Å². The molecule has 1 aliphatic rings. The van der Waals surface area contributed by atoms with Crippen LogP contribution in [0.25, 0.3) is 0 Å². The molecule has 21 heavy (non-hydrogen) atoms. The zero-order valence-electron chi connectivity index (χ0n) is 11.0. The van der Waals surface area contributed by atoms with Gasteiger partial charge in [0.2, 0.25) is 10.0 Å². The van der Waals surface area contributed by atoms with E-state index in [0.29, 0.717) is 23.7 Å². The lowest BCUT2D eigenvalue weighted by Gasteiger charge is -2.26. The van der Waals surface area contributed by atoms with Gasteiger partial charge in [-0.2, -0.15) is 0 Å². The third-order valence-corrected chi connectivity index (χ3v) is 5.42. The standard InChI is InChI=1S/C12H15BrN2O5S/c13-8-4-5-11(15(17)18)12(6-8)21(19,20)14-9-2-1-3-10(16)7-9/h4-6,9-10,14,16H,1-3,7H2. The lowest BCUT2D eigenvalue weighted by molar-refractivity contribution is -0.387. The predicted molar refractivity (Wildman–Crippen MR) is 79.4 cm³/mol. The Hall–Kier alpha value is -1.03. The molecular weight excluding hydrogens is 364 g/mol. The maximum absolute atomic E-state index is 12.4. The topological polar surface area (TPSA) is 110 Å². The Labute approximate surface area is 130 Å². The van der Waals surface area contributed by atoms with Gasteiger partial charge >= 0.3 is 0 Å². The minimum atomic E-state index is -4.01. The van der Waals surface area contributed by atoms with Gasteiger partial charge in [0.25, 0.3) is 5.69 Å². The average molecular weight is 379 g/mol. The Bertz CT molecular complexity index is 649. The second-order valence-electron chi connectivity index (χ2n) is 5.01. The van der Waals surface area contributed by atoms with Gasteiger partial charge in [-0.25, -0.2) is 13.1 Å². The van der Waals surface area contributed by atoms with Crippen LogP contribution in [0.5, 0.6) is 0 Å². The van der Waals surface area contributed by atoms with Gasteiger partial charge in [0.1, 0.15) is 0 Å². The Balaban J connectivity index is 2.31. The second kappa shape index (κ2) is 6.39. The van der Waals surface area contributed by atoms with E-state index in [1.807, 2.05) is 0 Å². The fourth-order valence-corrected chi connectivity index (χ4v) is 4.40. The van der Waals surface area contributed by atoms with E-state index in [4.69, 9.17) is 0 Å². The van der Waals surface area contributed by atoms with E-state index in [-0.39, 0.29) is 4.90 Å². The van der Waals surface area contributed by atoms with Crippen molar-refractivity contribution in [2.75, 3.05) is 0 Å². The largest absolute Gasteiger partial charge is 0.393 e. The van der Waals surface area contributed by atoms with Gasteiger partial charge < -0.3 is 5.11 Å². The van der Waals surface area contributed by atoms with Crippen molar-refractivity contribution in [1.29, 1.82) is 0 Å². The number of benzene rings is 1. The third-order valence-electron chi connectivity index (χ3n) is 3.38. The highest BCUT2D eigenvalue weighted by atomic mass is 79.9. The number of sulfonamides is 1. The number of nitro groups is 1. The molecule has 0 heterocycles. The summed E-state index contributed by atoms with van der Waals surface area (Å²) in [6.07, 6.45) is 1.76. The van der Waals surface area contributed by atoms with Crippen LogP contribution in [0.15, 0.2) is 27.6 Å². The monoisotopic (exact) mass is 378 g/mol. The van der Waals surface area contributed by atoms with Crippen molar-refractivity contribution in [3.63, 3.8) is 0 Å². The number of rotatable bonds is 4. The first-order chi connectivity index (χ1) is 9.79. The molecule has 2 atom stereocenters. The average Bonchev–Trinajstić information content (AvgIpc) is 2.37. The molecule has 2 unspecified atom stereocenters. The minimum absolute atomic E-state index is 0.320. The Kier molecular flexibility index (Phi) is 4.97. The zero-order valence-corrected chi connectivity index (χ0v) is 13.4. The summed E-state index contributed by atoms with van der Waals surface area (Å²) in [5.41, 5.74) is -0.470. The van der Waals surface area contributed by atoms with E-state index in [1.54, 1.807) is 0 Å². The van der Waals surface area contributed by atoms with E-state index < -0.39 is 32.8 Å². The Morgan fingerprint density at radius 2 is 2.10 bits per heavy atom. The summed E-state index contributed by atoms with van der Waals surface area (Å²) in [6, 6.07) is 3.37. The van der Waals surface area contributed by atoms with Gasteiger partial charge in [0.15, 0.2) is 4.90 Å². The number of hydrogen-bond donors (Lipinski definition) is 2. The molecule has 0 amide bonds. The molecule has 1 aromatic rings. The van der Waals surface area contributed by atoms with E-state index in [9.17, 15) is 23.6 Å². The lowest BCUT2D eigenvalue weighted by Crippen LogP contribution is -2.39. The van der Waals surface area contributed by atoms with Gasteiger partial charge in [-0.15, -0.1) is 0 Å². The first-order valence-electron chi connectivity index (χ1n) is 6.44. The lowest BCUT2D eigenvalue weighted by atomic mass is 9.94. The molecule has 1 aliphatic carbocycles. The van der Waals surface area contributed by atoms with E-state index >= 15 is 0 Å². The van der Waals surface area contributed by atoms with E-state index in [2.05, 4.69) is 20.7 Å². The number of aliphatic hydroxyl groups is 1. The molecule has 1 aromatic carbocycles. The summed E-state index contributed by atoms with van der Waals surface area (Å²) in [5, 5.41) is 20.6. The number of aliphatic hydroxyl groups excluding tert-OH is 1. The van der Waals surface area contributed by atoms with Crippen LogP contribution in [0.4, 0.5) is 5.69 Å². The van der Waals surface area contributed by atoms with E-state index in [1.165, 1.54) is 12.1 Å². The van der Waals surface area contributed by atoms with Crippen molar-refractivity contribution < 1.29 is 18.4 Å². The number of hydrogen-bond acceptors (Lipinski definition) is 5. The van der Waals surface area contributed by atoms with Gasteiger partial charge in [0, 0.05) is 16.6 Å². The highest BCUT2D eigenvalue weighted by molar-refractivity contribution is 9.10. The van der Waals surface area contributed by atoms with Crippen molar-refractivity contribution >= 4 is 31.6 Å². The Morgan fingerprint density at radius 3 is 2.71 bits per heavy atom. The summed E-state index contributed by atoms with van der Waals surface area (Å²) in [5.74, 6) is 0. The van der Waals surface area contributed by atoms with Gasteiger partial charge in [-0.1, -0.05) is 15.9 Å². The first-order valence-corrected chi connectivity index (χ1v) is 8.71. The Morgan fingerprint density at radius 1 is 1.38 bits per heavy atom. The second-order valence-corrected chi connectivity index (χ2v) is 7.61.